The van der Waals surface area contributed by atoms with Crippen molar-refractivity contribution < 1.29 is 26.7 Å². The Bertz CT molecular complexity index is 851. The maximum Gasteiger partial charge on any atom is 0.387 e. The van der Waals surface area contributed by atoms with Gasteiger partial charge in [-0.3, -0.25) is 4.79 Å². The summed E-state index contributed by atoms with van der Waals surface area (Å²) in [6.07, 6.45) is 1.11. The lowest BCUT2D eigenvalue weighted by molar-refractivity contribution is -0.0498. The monoisotopic (exact) mass is 369 g/mol. The first kappa shape index (κ1) is 18.9. The molecule has 1 atom stereocenters. The number of nitrogens with one attached hydrogen (secondary N) is 1. The van der Waals surface area contributed by atoms with Crippen molar-refractivity contribution in [1.82, 2.24) is 5.32 Å². The fraction of sp³-hybridized carbons (Fsp3) is 0.235. The fourth-order valence-corrected chi connectivity index (χ4v) is 2.81. The van der Waals surface area contributed by atoms with E-state index in [4.69, 9.17) is 0 Å². The minimum absolute atomic E-state index is 0.104. The van der Waals surface area contributed by atoms with Gasteiger partial charge in [0.25, 0.3) is 5.91 Å². The smallest absolute Gasteiger partial charge is 0.387 e. The van der Waals surface area contributed by atoms with Crippen molar-refractivity contribution >= 4 is 15.7 Å². The predicted molar refractivity (Wildman–Crippen MR) is 88.5 cm³/mol. The second-order valence-corrected chi connectivity index (χ2v) is 7.46. The molecule has 0 spiro atoms. The first-order chi connectivity index (χ1) is 11.7. The van der Waals surface area contributed by atoms with Crippen LogP contribution in [0.4, 0.5) is 8.78 Å². The lowest BCUT2D eigenvalue weighted by atomic mass is 10.1. The molecular weight excluding hydrogens is 352 g/mol. The molecule has 1 N–H and O–H groups in total. The number of sulfone groups is 1. The van der Waals surface area contributed by atoms with E-state index in [-0.39, 0.29) is 16.2 Å². The van der Waals surface area contributed by atoms with Crippen LogP contribution in [-0.2, 0) is 9.84 Å². The highest BCUT2D eigenvalue weighted by Gasteiger charge is 2.14. The highest BCUT2D eigenvalue weighted by atomic mass is 32.2. The van der Waals surface area contributed by atoms with Gasteiger partial charge >= 0.3 is 6.61 Å². The van der Waals surface area contributed by atoms with E-state index < -0.39 is 28.4 Å². The van der Waals surface area contributed by atoms with Crippen molar-refractivity contribution in [2.24, 2.45) is 0 Å². The Kier molecular flexibility index (Phi) is 5.73. The SMILES string of the molecule is CC(NC(=O)c1cccc(OC(F)F)c1)c1ccc(S(C)(=O)=O)cc1. The summed E-state index contributed by atoms with van der Waals surface area (Å²) in [5.41, 5.74) is 0.887. The van der Waals surface area contributed by atoms with E-state index in [0.29, 0.717) is 5.56 Å². The van der Waals surface area contributed by atoms with Crippen LogP contribution in [0.15, 0.2) is 53.4 Å². The Morgan fingerprint density at radius 1 is 1.12 bits per heavy atom. The number of benzene rings is 2. The van der Waals surface area contributed by atoms with Crippen LogP contribution in [0.3, 0.4) is 0 Å². The van der Waals surface area contributed by atoms with Crippen molar-refractivity contribution in [3.63, 3.8) is 0 Å². The first-order valence-corrected chi connectivity index (χ1v) is 9.21. The zero-order valence-corrected chi connectivity index (χ0v) is 14.4. The second kappa shape index (κ2) is 7.60. The number of amides is 1. The van der Waals surface area contributed by atoms with Crippen LogP contribution in [0, 0.1) is 0 Å². The second-order valence-electron chi connectivity index (χ2n) is 5.44. The van der Waals surface area contributed by atoms with Gasteiger partial charge in [0.05, 0.1) is 10.9 Å². The molecule has 134 valence electrons. The van der Waals surface area contributed by atoms with Crippen molar-refractivity contribution in [3.05, 3.63) is 59.7 Å². The Morgan fingerprint density at radius 2 is 1.76 bits per heavy atom. The molecule has 8 heteroatoms. The van der Waals surface area contributed by atoms with Gasteiger partial charge in [-0.25, -0.2) is 8.42 Å². The van der Waals surface area contributed by atoms with Crippen LogP contribution in [0.2, 0.25) is 0 Å². The molecule has 1 unspecified atom stereocenters. The zero-order chi connectivity index (χ0) is 18.6. The largest absolute Gasteiger partial charge is 0.435 e. The van der Waals surface area contributed by atoms with E-state index in [2.05, 4.69) is 10.1 Å². The van der Waals surface area contributed by atoms with Gasteiger partial charge in [0, 0.05) is 11.8 Å². The Labute approximate surface area is 144 Å². The van der Waals surface area contributed by atoms with E-state index >= 15 is 0 Å². The number of hydrogen-bond donors (Lipinski definition) is 1. The average molecular weight is 369 g/mol. The van der Waals surface area contributed by atoms with Gasteiger partial charge in [-0.2, -0.15) is 8.78 Å². The normalized spacial score (nSPS) is 12.7. The fourth-order valence-electron chi connectivity index (χ4n) is 2.18. The summed E-state index contributed by atoms with van der Waals surface area (Å²) < 4.78 is 51.6. The van der Waals surface area contributed by atoms with Crippen LogP contribution < -0.4 is 10.1 Å². The minimum Gasteiger partial charge on any atom is -0.435 e. The number of carbonyl (C=O) groups excluding carboxylic acids is 1. The molecule has 0 bridgehead atoms. The molecule has 2 aromatic rings. The van der Waals surface area contributed by atoms with Gasteiger partial charge in [-0.05, 0) is 42.8 Å². The van der Waals surface area contributed by atoms with Gasteiger partial charge in [-0.1, -0.05) is 18.2 Å². The van der Waals surface area contributed by atoms with E-state index in [1.165, 1.54) is 36.4 Å². The molecule has 0 saturated carbocycles. The molecular formula is C17H17F2NO4S. The van der Waals surface area contributed by atoms with E-state index in [9.17, 15) is 22.0 Å². The maximum absolute atomic E-state index is 12.2. The Morgan fingerprint density at radius 3 is 2.32 bits per heavy atom. The molecule has 0 aromatic heterocycles. The minimum atomic E-state index is -3.29. The highest BCUT2D eigenvalue weighted by molar-refractivity contribution is 7.90. The molecule has 25 heavy (non-hydrogen) atoms. The van der Waals surface area contributed by atoms with Crippen molar-refractivity contribution in [3.8, 4) is 5.75 Å². The number of carbonyl (C=O) groups is 1. The van der Waals surface area contributed by atoms with Crippen LogP contribution in [0.5, 0.6) is 5.75 Å². The van der Waals surface area contributed by atoms with Gasteiger partial charge in [0.2, 0.25) is 0 Å². The first-order valence-electron chi connectivity index (χ1n) is 7.32. The standard InChI is InChI=1S/C17H17F2NO4S/c1-11(12-6-8-15(9-7-12)25(2,22)23)20-16(21)13-4-3-5-14(10-13)24-17(18)19/h3-11,17H,1-2H3,(H,20,21). The Balaban J connectivity index is 2.09. The van der Waals surface area contributed by atoms with Crippen LogP contribution in [0.25, 0.3) is 0 Å². The van der Waals surface area contributed by atoms with Crippen LogP contribution in [-0.4, -0.2) is 27.2 Å². The number of halogens is 2. The molecule has 0 heterocycles. The van der Waals surface area contributed by atoms with Crippen molar-refractivity contribution in [1.29, 1.82) is 0 Å². The third-order valence-corrected chi connectivity index (χ3v) is 4.61. The third kappa shape index (κ3) is 5.25. The van der Waals surface area contributed by atoms with Gasteiger partial charge < -0.3 is 10.1 Å². The van der Waals surface area contributed by atoms with Crippen LogP contribution in [0.1, 0.15) is 28.9 Å². The third-order valence-electron chi connectivity index (χ3n) is 3.48. The highest BCUT2D eigenvalue weighted by Crippen LogP contribution is 2.19. The van der Waals surface area contributed by atoms with E-state index in [0.717, 1.165) is 6.26 Å². The summed E-state index contributed by atoms with van der Waals surface area (Å²) >= 11 is 0. The van der Waals surface area contributed by atoms with E-state index in [1.807, 2.05) is 0 Å². The number of alkyl halides is 2. The molecule has 2 rings (SSSR count). The molecule has 0 aliphatic heterocycles. The topological polar surface area (TPSA) is 72.5 Å². The summed E-state index contributed by atoms with van der Waals surface area (Å²) in [6.45, 7) is -1.24. The van der Waals surface area contributed by atoms with Gasteiger partial charge in [0.15, 0.2) is 9.84 Å². The lowest BCUT2D eigenvalue weighted by Crippen LogP contribution is -2.26. The van der Waals surface area contributed by atoms with Crippen molar-refractivity contribution in [2.75, 3.05) is 6.26 Å². The number of rotatable bonds is 6. The van der Waals surface area contributed by atoms with E-state index in [1.54, 1.807) is 19.1 Å². The lowest BCUT2D eigenvalue weighted by Gasteiger charge is -2.15. The molecule has 5 nitrogen and oxygen atoms in total. The molecule has 0 aliphatic rings. The molecule has 0 fully saturated rings. The zero-order valence-electron chi connectivity index (χ0n) is 13.6. The number of hydrogen-bond acceptors (Lipinski definition) is 4. The molecule has 2 aromatic carbocycles. The summed E-state index contributed by atoms with van der Waals surface area (Å²) in [7, 11) is -3.29. The van der Waals surface area contributed by atoms with Crippen molar-refractivity contribution in [2.45, 2.75) is 24.5 Å². The quantitative estimate of drug-likeness (QED) is 0.849. The molecule has 1 amide bonds. The molecule has 0 radical (unpaired) electrons. The predicted octanol–water partition coefficient (Wildman–Crippen LogP) is 3.18. The Hall–Kier alpha value is -2.48. The van der Waals surface area contributed by atoms with Crippen LogP contribution >= 0.6 is 0 Å². The summed E-state index contributed by atoms with van der Waals surface area (Å²) in [5.74, 6) is -0.563. The van der Waals surface area contributed by atoms with Gasteiger partial charge in [0.1, 0.15) is 5.75 Å². The summed E-state index contributed by atoms with van der Waals surface area (Å²) in [6, 6.07) is 11.2. The number of ether oxygens (including phenoxy) is 1. The maximum atomic E-state index is 12.2. The van der Waals surface area contributed by atoms with Gasteiger partial charge in [-0.15, -0.1) is 0 Å². The molecule has 0 saturated heterocycles. The summed E-state index contributed by atoms with van der Waals surface area (Å²) in [4.78, 5) is 12.4. The average Bonchev–Trinajstić information content (AvgIpc) is 2.53. The summed E-state index contributed by atoms with van der Waals surface area (Å²) in [5, 5.41) is 2.72. The molecule has 0 aliphatic carbocycles.